The second kappa shape index (κ2) is 10.5. The molecule has 188 valence electrons. The first-order chi connectivity index (χ1) is 17.0. The SMILES string of the molecule is Cc1cc(NC(=O)C2CCCN2C(=O)Nc2ccc(Cl)cc2)cc(Cl)c1-c1ccccc1S(N)(=O)=O. The Morgan fingerprint density at radius 3 is 2.36 bits per heavy atom. The summed E-state index contributed by atoms with van der Waals surface area (Å²) in [6.45, 7) is 2.21. The molecule has 3 aromatic rings. The molecule has 1 unspecified atom stereocenters. The summed E-state index contributed by atoms with van der Waals surface area (Å²) in [5.74, 6) is -0.341. The number of aryl methyl sites for hydroxylation is 1. The van der Waals surface area contributed by atoms with Crippen molar-refractivity contribution in [2.75, 3.05) is 17.2 Å². The lowest BCUT2D eigenvalue weighted by molar-refractivity contribution is -0.119. The number of nitrogens with zero attached hydrogens (tertiary/aromatic N) is 1. The summed E-state index contributed by atoms with van der Waals surface area (Å²) >= 11 is 12.4. The topological polar surface area (TPSA) is 122 Å². The molecule has 1 heterocycles. The van der Waals surface area contributed by atoms with Crippen LogP contribution in [0.3, 0.4) is 0 Å². The van der Waals surface area contributed by atoms with Gasteiger partial charge in [-0.25, -0.2) is 18.4 Å². The number of halogens is 2. The van der Waals surface area contributed by atoms with Gasteiger partial charge in [0.1, 0.15) is 6.04 Å². The van der Waals surface area contributed by atoms with E-state index in [1.165, 1.54) is 11.0 Å². The highest BCUT2D eigenvalue weighted by molar-refractivity contribution is 7.89. The first-order valence-corrected chi connectivity index (χ1v) is 13.4. The quantitative estimate of drug-likeness (QED) is 0.404. The van der Waals surface area contributed by atoms with E-state index in [4.69, 9.17) is 28.3 Å². The van der Waals surface area contributed by atoms with Crippen molar-refractivity contribution in [1.82, 2.24) is 4.90 Å². The average Bonchev–Trinajstić information content (AvgIpc) is 3.30. The molecule has 3 amide bonds. The van der Waals surface area contributed by atoms with Crippen molar-refractivity contribution in [1.29, 1.82) is 0 Å². The number of carbonyl (C=O) groups excluding carboxylic acids is 2. The zero-order chi connectivity index (χ0) is 26.0. The molecule has 1 aliphatic heterocycles. The third-order valence-electron chi connectivity index (χ3n) is 5.93. The molecule has 0 aliphatic carbocycles. The van der Waals surface area contributed by atoms with Crippen LogP contribution < -0.4 is 15.8 Å². The van der Waals surface area contributed by atoms with Crippen molar-refractivity contribution in [3.63, 3.8) is 0 Å². The molecule has 36 heavy (non-hydrogen) atoms. The van der Waals surface area contributed by atoms with Crippen LogP contribution in [0.2, 0.25) is 10.0 Å². The Kier molecular flexibility index (Phi) is 7.56. The summed E-state index contributed by atoms with van der Waals surface area (Å²) in [7, 11) is -3.97. The molecule has 1 atom stereocenters. The molecule has 0 radical (unpaired) electrons. The van der Waals surface area contributed by atoms with Crippen LogP contribution in [0, 0.1) is 6.92 Å². The second-order valence-electron chi connectivity index (χ2n) is 8.47. The van der Waals surface area contributed by atoms with Crippen LogP contribution in [0.5, 0.6) is 0 Å². The van der Waals surface area contributed by atoms with Crippen LogP contribution in [-0.4, -0.2) is 37.8 Å². The van der Waals surface area contributed by atoms with E-state index in [9.17, 15) is 18.0 Å². The number of hydrogen-bond donors (Lipinski definition) is 3. The Labute approximate surface area is 219 Å². The molecular formula is C25H24Cl2N4O4S. The number of carbonyl (C=O) groups is 2. The number of anilines is 2. The number of hydrogen-bond acceptors (Lipinski definition) is 4. The van der Waals surface area contributed by atoms with Crippen LogP contribution in [-0.2, 0) is 14.8 Å². The highest BCUT2D eigenvalue weighted by atomic mass is 35.5. The molecule has 4 N–H and O–H groups in total. The number of amides is 3. The molecule has 8 nitrogen and oxygen atoms in total. The van der Waals surface area contributed by atoms with E-state index in [-0.39, 0.29) is 21.9 Å². The van der Waals surface area contributed by atoms with Gasteiger partial charge in [0.2, 0.25) is 15.9 Å². The van der Waals surface area contributed by atoms with E-state index in [1.807, 2.05) is 0 Å². The predicted molar refractivity (Wildman–Crippen MR) is 142 cm³/mol. The molecule has 0 aromatic heterocycles. The Bertz CT molecular complexity index is 1410. The van der Waals surface area contributed by atoms with Gasteiger partial charge in [0, 0.05) is 34.1 Å². The fourth-order valence-corrected chi connectivity index (χ4v) is 5.55. The molecule has 3 aromatic carbocycles. The van der Waals surface area contributed by atoms with Crippen LogP contribution in [0.15, 0.2) is 65.6 Å². The number of sulfonamides is 1. The lowest BCUT2D eigenvalue weighted by Crippen LogP contribution is -2.45. The van der Waals surface area contributed by atoms with Crippen LogP contribution in [0.1, 0.15) is 18.4 Å². The summed E-state index contributed by atoms with van der Waals surface area (Å²) in [6.07, 6.45) is 1.21. The van der Waals surface area contributed by atoms with Gasteiger partial charge in [0.25, 0.3) is 0 Å². The minimum atomic E-state index is -3.97. The Hall–Kier alpha value is -3.11. The molecule has 11 heteroatoms. The van der Waals surface area contributed by atoms with Gasteiger partial charge in [-0.15, -0.1) is 0 Å². The van der Waals surface area contributed by atoms with Crippen molar-refractivity contribution in [2.24, 2.45) is 5.14 Å². The summed E-state index contributed by atoms with van der Waals surface area (Å²) < 4.78 is 24.1. The minimum absolute atomic E-state index is 0.0416. The minimum Gasteiger partial charge on any atom is -0.324 e. The number of likely N-dealkylation sites (tertiary alicyclic amines) is 1. The zero-order valence-electron chi connectivity index (χ0n) is 19.3. The molecule has 4 rings (SSSR count). The van der Waals surface area contributed by atoms with E-state index in [0.29, 0.717) is 52.5 Å². The predicted octanol–water partition coefficient (Wildman–Crippen LogP) is 5.25. The number of urea groups is 1. The number of nitrogens with two attached hydrogens (primary N) is 1. The van der Waals surface area contributed by atoms with Gasteiger partial charge in [0.05, 0.1) is 9.92 Å². The number of benzene rings is 3. The smallest absolute Gasteiger partial charge is 0.322 e. The van der Waals surface area contributed by atoms with Gasteiger partial charge >= 0.3 is 6.03 Å². The molecule has 0 saturated carbocycles. The highest BCUT2D eigenvalue weighted by Crippen LogP contribution is 2.37. The standard InChI is InChI=1S/C25H24Cl2N4O4S/c1-15-13-18(14-20(27)23(15)19-5-2-3-7-22(19)36(28,34)35)29-24(32)21-6-4-12-31(21)25(33)30-17-10-8-16(26)9-11-17/h2-3,5,7-11,13-14,21H,4,6,12H2,1H3,(H,29,32)(H,30,33)(H2,28,34,35). The van der Waals surface area contributed by atoms with Gasteiger partial charge in [-0.05, 0) is 67.8 Å². The van der Waals surface area contributed by atoms with Crippen molar-refractivity contribution < 1.29 is 18.0 Å². The number of nitrogens with one attached hydrogen (secondary N) is 2. The van der Waals surface area contributed by atoms with Gasteiger partial charge in [-0.3, -0.25) is 4.79 Å². The average molecular weight is 547 g/mol. The maximum absolute atomic E-state index is 13.1. The van der Waals surface area contributed by atoms with Crippen molar-refractivity contribution in [2.45, 2.75) is 30.7 Å². The highest BCUT2D eigenvalue weighted by Gasteiger charge is 2.34. The van der Waals surface area contributed by atoms with E-state index in [1.54, 1.807) is 61.5 Å². The first-order valence-electron chi connectivity index (χ1n) is 11.1. The number of primary sulfonamides is 1. The maximum atomic E-state index is 13.1. The van der Waals surface area contributed by atoms with Gasteiger partial charge in [-0.1, -0.05) is 41.4 Å². The van der Waals surface area contributed by atoms with Crippen molar-refractivity contribution in [3.8, 4) is 11.1 Å². The van der Waals surface area contributed by atoms with E-state index >= 15 is 0 Å². The van der Waals surface area contributed by atoms with Crippen LogP contribution in [0.25, 0.3) is 11.1 Å². The zero-order valence-corrected chi connectivity index (χ0v) is 21.6. The van der Waals surface area contributed by atoms with Gasteiger partial charge in [0.15, 0.2) is 0 Å². The lowest BCUT2D eigenvalue weighted by Gasteiger charge is -2.24. The summed E-state index contributed by atoms with van der Waals surface area (Å²) in [5, 5.41) is 11.8. The second-order valence-corrected chi connectivity index (χ2v) is 10.8. The summed E-state index contributed by atoms with van der Waals surface area (Å²) in [5.41, 5.74) is 2.54. The van der Waals surface area contributed by atoms with Gasteiger partial charge in [-0.2, -0.15) is 0 Å². The first kappa shape index (κ1) is 26.0. The Morgan fingerprint density at radius 1 is 1.00 bits per heavy atom. The van der Waals surface area contributed by atoms with E-state index in [0.717, 1.165) is 0 Å². The molecule has 1 fully saturated rings. The molecule has 0 spiro atoms. The maximum Gasteiger partial charge on any atom is 0.322 e. The van der Waals surface area contributed by atoms with Gasteiger partial charge < -0.3 is 15.5 Å². The fourth-order valence-electron chi connectivity index (χ4n) is 4.32. The third kappa shape index (κ3) is 5.65. The Morgan fingerprint density at radius 2 is 1.69 bits per heavy atom. The van der Waals surface area contributed by atoms with E-state index < -0.39 is 16.1 Å². The largest absolute Gasteiger partial charge is 0.324 e. The molecule has 1 saturated heterocycles. The van der Waals surface area contributed by atoms with Crippen molar-refractivity contribution >= 4 is 56.5 Å². The summed E-state index contributed by atoms with van der Waals surface area (Å²) in [4.78, 5) is 27.4. The number of rotatable bonds is 5. The molecule has 1 aliphatic rings. The third-order valence-corrected chi connectivity index (χ3v) is 7.45. The molecular weight excluding hydrogens is 523 g/mol. The van der Waals surface area contributed by atoms with Crippen molar-refractivity contribution in [3.05, 3.63) is 76.3 Å². The van der Waals surface area contributed by atoms with Crippen LogP contribution in [0.4, 0.5) is 16.2 Å². The molecule has 0 bridgehead atoms. The summed E-state index contributed by atoms with van der Waals surface area (Å²) in [6, 6.07) is 15.3. The monoisotopic (exact) mass is 546 g/mol. The fraction of sp³-hybridized carbons (Fsp3) is 0.200. The lowest BCUT2D eigenvalue weighted by atomic mass is 9.99. The Balaban J connectivity index is 1.53. The van der Waals surface area contributed by atoms with Crippen LogP contribution >= 0.6 is 23.2 Å². The van der Waals surface area contributed by atoms with E-state index in [2.05, 4.69) is 10.6 Å². The normalized spacial score (nSPS) is 15.6.